The quantitative estimate of drug-likeness (QED) is 0.557. The van der Waals surface area contributed by atoms with Crippen molar-refractivity contribution in [3.8, 4) is 0 Å². The maximum absolute atomic E-state index is 11.0. The van der Waals surface area contributed by atoms with E-state index in [9.17, 15) is 9.59 Å². The third-order valence-electron chi connectivity index (χ3n) is 1.33. The van der Waals surface area contributed by atoms with Gasteiger partial charge in [0.2, 0.25) is 0 Å². The fourth-order valence-corrected chi connectivity index (χ4v) is 0.756. The van der Waals surface area contributed by atoms with Crippen LogP contribution in [0.1, 0.15) is 0 Å². The second-order valence-electron chi connectivity index (χ2n) is 2.28. The van der Waals surface area contributed by atoms with Crippen LogP contribution in [0, 0.1) is 0 Å². The Labute approximate surface area is 73.2 Å². The first-order valence-corrected chi connectivity index (χ1v) is 3.66. The highest BCUT2D eigenvalue weighted by Crippen LogP contribution is 1.75. The molecule has 1 rings (SSSR count). The predicted octanol–water partition coefficient (Wildman–Crippen LogP) is -1.52. The predicted molar refractivity (Wildman–Crippen MR) is 45.3 cm³/mol. The minimum atomic E-state index is -0.560. The first-order valence-electron chi connectivity index (χ1n) is 3.66. The molecular weight excluding hydrogens is 174 g/mol. The van der Waals surface area contributed by atoms with E-state index in [0.29, 0.717) is 0 Å². The smallest absolute Gasteiger partial charge is 0.345 e. The summed E-state index contributed by atoms with van der Waals surface area (Å²) in [5, 5.41) is 12.0. The second kappa shape index (κ2) is 4.36. The molecule has 0 amide bonds. The summed E-state index contributed by atoms with van der Waals surface area (Å²) in [6, 6.07) is 0. The largest absolute Gasteiger partial charge is 0.392 e. The van der Waals surface area contributed by atoms with E-state index < -0.39 is 11.2 Å². The summed E-state index contributed by atoms with van der Waals surface area (Å²) < 4.78 is 1.08. The number of aromatic nitrogens is 3. The Balaban J connectivity index is 2.84. The average Bonchev–Trinajstić information content (AvgIpc) is 2.09. The zero-order valence-electron chi connectivity index (χ0n) is 6.80. The van der Waals surface area contributed by atoms with Gasteiger partial charge in [0.05, 0.1) is 13.2 Å². The Kier molecular flexibility index (Phi) is 3.15. The van der Waals surface area contributed by atoms with Gasteiger partial charge >= 0.3 is 5.69 Å². The number of H-pyrrole nitrogens is 1. The third-order valence-corrected chi connectivity index (χ3v) is 1.33. The van der Waals surface area contributed by atoms with E-state index in [1.807, 2.05) is 0 Å². The van der Waals surface area contributed by atoms with E-state index >= 15 is 0 Å². The molecule has 0 atom stereocenters. The first-order chi connectivity index (χ1) is 6.24. The van der Waals surface area contributed by atoms with E-state index in [4.69, 9.17) is 5.11 Å². The normalized spacial score (nSPS) is 10.8. The monoisotopic (exact) mass is 183 g/mol. The average molecular weight is 183 g/mol. The first kappa shape index (κ1) is 9.40. The van der Waals surface area contributed by atoms with Gasteiger partial charge in [-0.25, -0.2) is 9.48 Å². The Morgan fingerprint density at radius 2 is 2.31 bits per heavy atom. The van der Waals surface area contributed by atoms with Gasteiger partial charge in [-0.15, -0.1) is 0 Å². The van der Waals surface area contributed by atoms with Gasteiger partial charge in [-0.05, 0) is 0 Å². The van der Waals surface area contributed by atoms with E-state index in [1.165, 1.54) is 6.08 Å². The SMILES string of the molecule is O=c1cnn(C/C=C\CO)c(=O)[nH]1. The molecule has 1 aromatic rings. The van der Waals surface area contributed by atoms with Gasteiger partial charge in [0.1, 0.15) is 6.20 Å². The maximum atomic E-state index is 11.0. The fourth-order valence-electron chi connectivity index (χ4n) is 0.756. The summed E-state index contributed by atoms with van der Waals surface area (Å²) in [5.74, 6) is 0. The number of rotatable bonds is 3. The summed E-state index contributed by atoms with van der Waals surface area (Å²) in [5.41, 5.74) is -1.08. The van der Waals surface area contributed by atoms with Crippen LogP contribution in [0.15, 0.2) is 27.9 Å². The van der Waals surface area contributed by atoms with Gasteiger partial charge in [0.15, 0.2) is 0 Å². The molecule has 6 nitrogen and oxygen atoms in total. The molecule has 0 aliphatic heterocycles. The van der Waals surface area contributed by atoms with Gasteiger partial charge < -0.3 is 5.11 Å². The summed E-state index contributed by atoms with van der Waals surface area (Å²) in [6.45, 7) is 0.147. The van der Waals surface area contributed by atoms with Crippen LogP contribution >= 0.6 is 0 Å². The summed E-state index contributed by atoms with van der Waals surface area (Å²) >= 11 is 0. The molecule has 0 aliphatic rings. The number of allylic oxidation sites excluding steroid dienone is 1. The second-order valence-corrected chi connectivity index (χ2v) is 2.28. The lowest BCUT2D eigenvalue weighted by Gasteiger charge is -1.96. The van der Waals surface area contributed by atoms with Crippen molar-refractivity contribution >= 4 is 0 Å². The lowest BCUT2D eigenvalue weighted by Crippen LogP contribution is -2.31. The number of nitrogens with one attached hydrogen (secondary N) is 1. The molecule has 1 aromatic heterocycles. The molecule has 0 aliphatic carbocycles. The topological polar surface area (TPSA) is 88.0 Å². The van der Waals surface area contributed by atoms with Gasteiger partial charge in [0, 0.05) is 0 Å². The Morgan fingerprint density at radius 1 is 1.54 bits per heavy atom. The molecule has 0 saturated carbocycles. The van der Waals surface area contributed by atoms with Crippen molar-refractivity contribution in [2.75, 3.05) is 6.61 Å². The van der Waals surface area contributed by atoms with Crippen LogP contribution in [0.5, 0.6) is 0 Å². The molecule has 13 heavy (non-hydrogen) atoms. The van der Waals surface area contributed by atoms with Crippen molar-refractivity contribution in [1.29, 1.82) is 0 Å². The van der Waals surface area contributed by atoms with Crippen LogP contribution in [0.4, 0.5) is 0 Å². The third kappa shape index (κ3) is 2.68. The highest BCUT2D eigenvalue weighted by molar-refractivity contribution is 4.81. The number of hydrogen-bond acceptors (Lipinski definition) is 4. The van der Waals surface area contributed by atoms with E-state index in [-0.39, 0.29) is 13.2 Å². The molecule has 2 N–H and O–H groups in total. The molecular formula is C7H9N3O3. The number of aromatic amines is 1. The molecule has 0 spiro atoms. The summed E-state index contributed by atoms with van der Waals surface area (Å²) in [6.07, 6.45) is 4.08. The zero-order chi connectivity index (χ0) is 9.68. The lowest BCUT2D eigenvalue weighted by atomic mass is 10.5. The molecule has 0 bridgehead atoms. The van der Waals surface area contributed by atoms with Crippen molar-refractivity contribution in [3.05, 3.63) is 39.2 Å². The highest BCUT2D eigenvalue weighted by atomic mass is 16.2. The molecule has 0 aromatic carbocycles. The summed E-state index contributed by atoms with van der Waals surface area (Å²) in [7, 11) is 0. The molecule has 6 heteroatoms. The number of aliphatic hydroxyl groups is 1. The van der Waals surface area contributed by atoms with Crippen molar-refractivity contribution in [2.45, 2.75) is 6.54 Å². The van der Waals surface area contributed by atoms with Crippen LogP contribution < -0.4 is 11.2 Å². The van der Waals surface area contributed by atoms with E-state index in [2.05, 4.69) is 10.1 Å². The molecule has 70 valence electrons. The van der Waals surface area contributed by atoms with Crippen molar-refractivity contribution in [3.63, 3.8) is 0 Å². The Hall–Kier alpha value is -1.69. The van der Waals surface area contributed by atoms with Crippen LogP contribution in [0.3, 0.4) is 0 Å². The van der Waals surface area contributed by atoms with Gasteiger partial charge in [-0.3, -0.25) is 9.78 Å². The van der Waals surface area contributed by atoms with Crippen molar-refractivity contribution in [2.24, 2.45) is 0 Å². The molecule has 0 saturated heterocycles. The van der Waals surface area contributed by atoms with Gasteiger partial charge in [0.25, 0.3) is 5.56 Å². The molecule has 0 fully saturated rings. The lowest BCUT2D eigenvalue weighted by molar-refractivity contribution is 0.342. The van der Waals surface area contributed by atoms with Crippen molar-refractivity contribution in [1.82, 2.24) is 14.8 Å². The van der Waals surface area contributed by atoms with Crippen LogP contribution in [-0.4, -0.2) is 26.5 Å². The van der Waals surface area contributed by atoms with Gasteiger partial charge in [-0.2, -0.15) is 5.10 Å². The minimum Gasteiger partial charge on any atom is -0.392 e. The minimum absolute atomic E-state index is 0.0852. The van der Waals surface area contributed by atoms with E-state index in [0.717, 1.165) is 10.9 Å². The van der Waals surface area contributed by atoms with Crippen LogP contribution in [-0.2, 0) is 6.54 Å². The standard InChI is InChI=1S/C7H9N3O3/c11-4-2-1-3-10-7(13)9-6(12)5-8-10/h1-2,5,11H,3-4H2,(H,9,12,13)/b2-1-. The molecule has 0 radical (unpaired) electrons. The maximum Gasteiger partial charge on any atom is 0.345 e. The Bertz CT molecular complexity index is 404. The number of hydrogen-bond donors (Lipinski definition) is 2. The fraction of sp³-hybridized carbons (Fsp3) is 0.286. The van der Waals surface area contributed by atoms with Crippen LogP contribution in [0.2, 0.25) is 0 Å². The number of aliphatic hydroxyl groups excluding tert-OH is 1. The van der Waals surface area contributed by atoms with E-state index in [1.54, 1.807) is 6.08 Å². The van der Waals surface area contributed by atoms with Gasteiger partial charge in [-0.1, -0.05) is 12.2 Å². The summed E-state index contributed by atoms with van der Waals surface area (Å²) in [4.78, 5) is 23.6. The molecule has 1 heterocycles. The Morgan fingerprint density at radius 3 is 2.92 bits per heavy atom. The molecule has 0 unspecified atom stereocenters. The number of nitrogens with zero attached hydrogens (tertiary/aromatic N) is 2. The zero-order valence-corrected chi connectivity index (χ0v) is 6.80. The van der Waals surface area contributed by atoms with Crippen LogP contribution in [0.25, 0.3) is 0 Å². The highest BCUT2D eigenvalue weighted by Gasteiger charge is 1.93. The van der Waals surface area contributed by atoms with Crippen molar-refractivity contribution < 1.29 is 5.11 Å².